The summed E-state index contributed by atoms with van der Waals surface area (Å²) in [6.45, 7) is 12.7. The predicted octanol–water partition coefficient (Wildman–Crippen LogP) is 3.00. The molecule has 144 valence electrons. The topological polar surface area (TPSA) is 60.7 Å². The van der Waals surface area contributed by atoms with Crippen LogP contribution in [0.4, 0.5) is 0 Å². The molecule has 5 heteroatoms. The van der Waals surface area contributed by atoms with Crippen LogP contribution in [0.25, 0.3) is 0 Å². The molecule has 1 rings (SSSR count). The maximum absolute atomic E-state index is 8.14. The van der Waals surface area contributed by atoms with Gasteiger partial charge in [0.25, 0.3) is 0 Å². The largest absolute Gasteiger partial charge is 0 e. The third kappa shape index (κ3) is 34.1. The summed E-state index contributed by atoms with van der Waals surface area (Å²) in [6.07, 6.45) is 0. The van der Waals surface area contributed by atoms with Gasteiger partial charge in [0.15, 0.2) is 0 Å². The van der Waals surface area contributed by atoms with Crippen LogP contribution in [0.15, 0.2) is 24.3 Å². The Morgan fingerprint density at radius 3 is 1.00 bits per heavy atom. The molecular formula is C19H41GeHfO3-. The summed E-state index contributed by atoms with van der Waals surface area (Å²) in [5, 5.41) is 24.4. The van der Waals surface area contributed by atoms with E-state index in [1.165, 1.54) is 0 Å². The predicted molar refractivity (Wildman–Crippen MR) is 106 cm³/mol. The van der Waals surface area contributed by atoms with Crippen molar-refractivity contribution in [3.63, 3.8) is 0 Å². The third-order valence-electron chi connectivity index (χ3n) is 2.45. The molecule has 3 N–H and O–H groups in total. The SMILES string of the molecule is CC(C)CO.CC(C)CO.CC(C)CO.[CH3][GeH]([CH3])[c-]1cccc1.[Hf]. The van der Waals surface area contributed by atoms with Crippen molar-refractivity contribution >= 4 is 18.7 Å². The van der Waals surface area contributed by atoms with Gasteiger partial charge in [0, 0.05) is 45.7 Å². The van der Waals surface area contributed by atoms with Gasteiger partial charge in [0.2, 0.25) is 0 Å². The maximum atomic E-state index is 8.14. The van der Waals surface area contributed by atoms with Crippen LogP contribution in [0.5, 0.6) is 0 Å². The summed E-state index contributed by atoms with van der Waals surface area (Å²) in [5.74, 6) is 6.10. The zero-order valence-electron chi connectivity index (χ0n) is 17.1. The van der Waals surface area contributed by atoms with Crippen LogP contribution in [-0.2, 0) is 25.8 Å². The van der Waals surface area contributed by atoms with Crippen molar-refractivity contribution in [1.29, 1.82) is 0 Å². The summed E-state index contributed by atoms with van der Waals surface area (Å²) in [7, 11) is 0. The first-order valence-electron chi connectivity index (χ1n) is 8.66. The third-order valence-corrected chi connectivity index (χ3v) is 6.06. The van der Waals surface area contributed by atoms with Gasteiger partial charge >= 0.3 is 54.5 Å². The van der Waals surface area contributed by atoms with Crippen LogP contribution in [0.3, 0.4) is 0 Å². The minimum atomic E-state index is -0.888. The van der Waals surface area contributed by atoms with E-state index >= 15 is 0 Å². The minimum Gasteiger partial charge on any atom is 0 e. The molecule has 0 saturated carbocycles. The Morgan fingerprint density at radius 1 is 0.708 bits per heavy atom. The van der Waals surface area contributed by atoms with E-state index in [1.54, 1.807) is 4.40 Å². The quantitative estimate of drug-likeness (QED) is 0.387. The maximum Gasteiger partial charge on any atom is 0 e. The van der Waals surface area contributed by atoms with E-state index in [2.05, 4.69) is 35.8 Å². The van der Waals surface area contributed by atoms with Crippen molar-refractivity contribution in [2.75, 3.05) is 19.8 Å². The molecule has 0 aromatic heterocycles. The molecule has 3 nitrogen and oxygen atoms in total. The van der Waals surface area contributed by atoms with Gasteiger partial charge in [-0.25, -0.2) is 0 Å². The Hall–Kier alpha value is 0.643. The van der Waals surface area contributed by atoms with E-state index in [-0.39, 0.29) is 25.8 Å². The molecule has 0 saturated heterocycles. The Morgan fingerprint density at radius 2 is 0.917 bits per heavy atom. The molecule has 0 fully saturated rings. The molecule has 1 aromatic rings. The van der Waals surface area contributed by atoms with Gasteiger partial charge in [-0.15, -0.1) is 0 Å². The van der Waals surface area contributed by atoms with E-state index in [0.29, 0.717) is 37.6 Å². The normalized spacial score (nSPS) is 9.46. The second-order valence-electron chi connectivity index (χ2n) is 7.10. The van der Waals surface area contributed by atoms with Crippen LogP contribution in [0, 0.1) is 17.8 Å². The first kappa shape index (κ1) is 32.3. The van der Waals surface area contributed by atoms with Crippen LogP contribution in [0.2, 0.25) is 11.5 Å². The molecule has 0 unspecified atom stereocenters. The first-order chi connectivity index (χ1) is 10.6. The smallest absolute Gasteiger partial charge is 0 e. The van der Waals surface area contributed by atoms with Gasteiger partial charge in [0.1, 0.15) is 0 Å². The van der Waals surface area contributed by atoms with Gasteiger partial charge in [0.05, 0.1) is 0 Å². The van der Waals surface area contributed by atoms with Crippen molar-refractivity contribution in [2.45, 2.75) is 53.1 Å². The van der Waals surface area contributed by atoms with Gasteiger partial charge in [-0.05, 0) is 17.8 Å². The fourth-order valence-corrected chi connectivity index (χ4v) is 2.86. The summed E-state index contributed by atoms with van der Waals surface area (Å²) in [6, 6.07) is 8.73. The molecule has 0 atom stereocenters. The molecular weight excluding hydrogens is 527 g/mol. The van der Waals surface area contributed by atoms with Crippen LogP contribution < -0.4 is 4.40 Å². The van der Waals surface area contributed by atoms with Crippen molar-refractivity contribution in [3.8, 4) is 0 Å². The zero-order chi connectivity index (χ0) is 18.8. The molecule has 24 heavy (non-hydrogen) atoms. The van der Waals surface area contributed by atoms with Crippen molar-refractivity contribution in [3.05, 3.63) is 24.3 Å². The monoisotopic (exact) mass is 571 g/mol. The molecule has 0 bridgehead atoms. The summed E-state index contributed by atoms with van der Waals surface area (Å²) in [5.41, 5.74) is 0. The Balaban J connectivity index is -0.000000113. The van der Waals surface area contributed by atoms with E-state index in [1.807, 2.05) is 41.5 Å². The van der Waals surface area contributed by atoms with E-state index < -0.39 is 14.3 Å². The van der Waals surface area contributed by atoms with Gasteiger partial charge < -0.3 is 15.3 Å². The van der Waals surface area contributed by atoms with Crippen LogP contribution in [-0.4, -0.2) is 49.5 Å². The van der Waals surface area contributed by atoms with Crippen LogP contribution in [0.1, 0.15) is 41.5 Å². The summed E-state index contributed by atoms with van der Waals surface area (Å²) < 4.78 is 1.62. The average Bonchev–Trinajstić information content (AvgIpc) is 3.03. The van der Waals surface area contributed by atoms with Crippen LogP contribution >= 0.6 is 0 Å². The number of aliphatic hydroxyl groups excluding tert-OH is 3. The Kier molecular flexibility index (Phi) is 31.8. The second-order valence-corrected chi connectivity index (χ2v) is 13.3. The molecule has 0 aliphatic carbocycles. The standard InChI is InChI=1S/C7H11Ge.3C4H10O.Hf/c1-8(2)7-5-3-4-6-7;3*1-4(2)3-5;/h3-6,8H,1-2H3;3*4-5H,3H2,1-2H3;/q-1;;;;. The number of aliphatic hydroxyl groups is 3. The summed E-state index contributed by atoms with van der Waals surface area (Å²) >= 11 is -0.888. The van der Waals surface area contributed by atoms with Crippen molar-refractivity contribution in [2.24, 2.45) is 17.8 Å². The Bertz CT molecular complexity index is 281. The average molecular weight is 569 g/mol. The number of hydrogen-bond donors (Lipinski definition) is 3. The van der Waals surface area contributed by atoms with E-state index in [9.17, 15) is 0 Å². The zero-order valence-corrected chi connectivity index (χ0v) is 23.1. The molecule has 0 amide bonds. The number of hydrogen-bond acceptors (Lipinski definition) is 3. The Labute approximate surface area is 174 Å². The molecule has 0 heterocycles. The minimum absolute atomic E-state index is 0. The van der Waals surface area contributed by atoms with E-state index in [4.69, 9.17) is 15.3 Å². The molecule has 0 spiro atoms. The molecule has 1 aromatic carbocycles. The van der Waals surface area contributed by atoms with Gasteiger partial charge in [-0.1, -0.05) is 41.5 Å². The first-order valence-corrected chi connectivity index (χ1v) is 14.7. The number of rotatable bonds is 4. The van der Waals surface area contributed by atoms with E-state index in [0.717, 1.165) is 0 Å². The van der Waals surface area contributed by atoms with Gasteiger partial charge in [-0.2, -0.15) is 0 Å². The van der Waals surface area contributed by atoms with Crippen molar-refractivity contribution < 1.29 is 41.2 Å². The molecule has 0 aliphatic heterocycles. The molecule has 0 radical (unpaired) electrons. The summed E-state index contributed by atoms with van der Waals surface area (Å²) in [4.78, 5) is 0. The molecule has 0 aliphatic rings. The fourth-order valence-electron chi connectivity index (χ4n) is 0.774. The fraction of sp³-hybridized carbons (Fsp3) is 0.737. The van der Waals surface area contributed by atoms with Crippen molar-refractivity contribution in [1.82, 2.24) is 0 Å². The second kappa shape index (κ2) is 23.6. The van der Waals surface area contributed by atoms with Gasteiger partial charge in [-0.3, -0.25) is 0 Å².